The van der Waals surface area contributed by atoms with Crippen LogP contribution in [0.25, 0.3) is 0 Å². The minimum atomic E-state index is -0.195. The summed E-state index contributed by atoms with van der Waals surface area (Å²) in [7, 11) is 0. The number of ether oxygens (including phenoxy) is 1. The highest BCUT2D eigenvalue weighted by molar-refractivity contribution is 6.21. The maximum Gasteiger partial charge on any atom is 0.261 e. The Bertz CT molecular complexity index is 780. The minimum Gasteiger partial charge on any atom is -0.493 e. The summed E-state index contributed by atoms with van der Waals surface area (Å²) < 4.78 is 5.63. The van der Waals surface area contributed by atoms with E-state index in [-0.39, 0.29) is 11.8 Å². The maximum atomic E-state index is 12.2. The first-order valence-corrected chi connectivity index (χ1v) is 8.84. The Morgan fingerprint density at radius 2 is 1.42 bits per heavy atom. The molecule has 1 aliphatic rings. The van der Waals surface area contributed by atoms with Crippen molar-refractivity contribution in [1.82, 2.24) is 4.90 Å². The van der Waals surface area contributed by atoms with Gasteiger partial charge in [0.05, 0.1) is 23.3 Å². The van der Waals surface area contributed by atoms with Crippen LogP contribution in [0.4, 0.5) is 0 Å². The van der Waals surface area contributed by atoms with Crippen LogP contribution in [0.1, 0.15) is 56.8 Å². The van der Waals surface area contributed by atoms with Crippen LogP contribution in [0.2, 0.25) is 0 Å². The number of rotatable bonds is 9. The van der Waals surface area contributed by atoms with Gasteiger partial charge in [-0.15, -0.1) is 0 Å². The van der Waals surface area contributed by atoms with Crippen LogP contribution in [0.15, 0.2) is 48.5 Å². The van der Waals surface area contributed by atoms with Crippen LogP contribution in [-0.4, -0.2) is 36.2 Å². The van der Waals surface area contributed by atoms with Gasteiger partial charge in [-0.25, -0.2) is 0 Å². The predicted octanol–water partition coefficient (Wildman–Crippen LogP) is 3.73. The molecule has 0 saturated heterocycles. The Kier molecular flexibility index (Phi) is 5.79. The molecule has 26 heavy (non-hydrogen) atoms. The SMILES string of the molecule is O=Cc1ccccc1OCCCCCCN1C(=O)c2ccccc2C1=O. The van der Waals surface area contributed by atoms with Gasteiger partial charge >= 0.3 is 0 Å². The highest BCUT2D eigenvalue weighted by Crippen LogP contribution is 2.23. The highest BCUT2D eigenvalue weighted by atomic mass is 16.5. The third-order valence-electron chi connectivity index (χ3n) is 4.46. The summed E-state index contributed by atoms with van der Waals surface area (Å²) in [5.74, 6) is 0.215. The molecule has 5 heteroatoms. The zero-order chi connectivity index (χ0) is 18.4. The van der Waals surface area contributed by atoms with Crippen LogP contribution < -0.4 is 4.74 Å². The van der Waals surface area contributed by atoms with Gasteiger partial charge in [0.25, 0.3) is 11.8 Å². The summed E-state index contributed by atoms with van der Waals surface area (Å²) in [6.45, 7) is 0.985. The molecule has 134 valence electrons. The van der Waals surface area contributed by atoms with E-state index in [4.69, 9.17) is 4.74 Å². The first-order valence-electron chi connectivity index (χ1n) is 8.84. The lowest BCUT2D eigenvalue weighted by Gasteiger charge is -2.13. The van der Waals surface area contributed by atoms with Crippen molar-refractivity contribution in [2.45, 2.75) is 25.7 Å². The van der Waals surface area contributed by atoms with E-state index in [1.54, 1.807) is 42.5 Å². The number of nitrogens with zero attached hydrogens (tertiary/aromatic N) is 1. The number of benzene rings is 2. The largest absolute Gasteiger partial charge is 0.493 e. The molecule has 1 aliphatic heterocycles. The van der Waals surface area contributed by atoms with E-state index in [2.05, 4.69) is 0 Å². The predicted molar refractivity (Wildman–Crippen MR) is 97.6 cm³/mol. The second kappa shape index (κ2) is 8.43. The van der Waals surface area contributed by atoms with E-state index in [0.29, 0.717) is 35.6 Å². The Labute approximate surface area is 152 Å². The zero-order valence-electron chi connectivity index (χ0n) is 14.5. The monoisotopic (exact) mass is 351 g/mol. The van der Waals surface area contributed by atoms with E-state index >= 15 is 0 Å². The molecule has 0 N–H and O–H groups in total. The number of unbranched alkanes of at least 4 members (excludes halogenated alkanes) is 3. The van der Waals surface area contributed by atoms with Gasteiger partial charge in [0.2, 0.25) is 0 Å². The third kappa shape index (κ3) is 3.82. The molecule has 0 aromatic heterocycles. The Balaban J connectivity index is 1.36. The maximum absolute atomic E-state index is 12.2. The number of carbonyl (C=O) groups excluding carboxylic acids is 3. The lowest BCUT2D eigenvalue weighted by atomic mass is 10.1. The third-order valence-corrected chi connectivity index (χ3v) is 4.46. The quantitative estimate of drug-likeness (QED) is 0.392. The van der Waals surface area contributed by atoms with E-state index in [9.17, 15) is 14.4 Å². The van der Waals surface area contributed by atoms with Crippen LogP contribution >= 0.6 is 0 Å². The van der Waals surface area contributed by atoms with Crippen LogP contribution in [0.3, 0.4) is 0 Å². The molecule has 2 aromatic carbocycles. The van der Waals surface area contributed by atoms with Gasteiger partial charge in [-0.3, -0.25) is 19.3 Å². The molecule has 0 radical (unpaired) electrons. The highest BCUT2D eigenvalue weighted by Gasteiger charge is 2.34. The number of hydrogen-bond donors (Lipinski definition) is 0. The minimum absolute atomic E-state index is 0.195. The first-order chi connectivity index (χ1) is 12.7. The van der Waals surface area contributed by atoms with Crippen molar-refractivity contribution in [2.24, 2.45) is 0 Å². The number of para-hydroxylation sites is 1. The van der Waals surface area contributed by atoms with Gasteiger partial charge in [0.15, 0.2) is 6.29 Å². The van der Waals surface area contributed by atoms with Crippen molar-refractivity contribution >= 4 is 18.1 Å². The van der Waals surface area contributed by atoms with Crippen molar-refractivity contribution in [3.05, 3.63) is 65.2 Å². The standard InChI is InChI=1S/C21H21NO4/c23-15-16-9-3-6-12-19(16)26-14-8-2-1-7-13-22-20(24)17-10-4-5-11-18(17)21(22)25/h3-6,9-12,15H,1-2,7-8,13-14H2. The van der Waals surface area contributed by atoms with E-state index in [0.717, 1.165) is 32.0 Å². The first kappa shape index (κ1) is 17.9. The number of hydrogen-bond acceptors (Lipinski definition) is 4. The van der Waals surface area contributed by atoms with Gasteiger partial charge in [-0.2, -0.15) is 0 Å². The Morgan fingerprint density at radius 1 is 0.808 bits per heavy atom. The van der Waals surface area contributed by atoms with E-state index < -0.39 is 0 Å². The molecule has 0 spiro atoms. The van der Waals surface area contributed by atoms with Crippen LogP contribution in [0.5, 0.6) is 5.75 Å². The molecule has 1 heterocycles. The lowest BCUT2D eigenvalue weighted by Crippen LogP contribution is -2.30. The Morgan fingerprint density at radius 3 is 2.12 bits per heavy atom. The van der Waals surface area contributed by atoms with E-state index in [1.165, 1.54) is 4.90 Å². The summed E-state index contributed by atoms with van der Waals surface area (Å²) in [6.07, 6.45) is 4.27. The van der Waals surface area contributed by atoms with Crippen LogP contribution in [-0.2, 0) is 0 Å². The summed E-state index contributed by atoms with van der Waals surface area (Å²) >= 11 is 0. The van der Waals surface area contributed by atoms with Gasteiger partial charge in [0.1, 0.15) is 5.75 Å². The number of imide groups is 1. The van der Waals surface area contributed by atoms with Crippen molar-refractivity contribution in [1.29, 1.82) is 0 Å². The molecule has 0 atom stereocenters. The number of fused-ring (bicyclic) bond motifs is 1. The molecular weight excluding hydrogens is 330 g/mol. The zero-order valence-corrected chi connectivity index (χ0v) is 14.5. The molecule has 2 aromatic rings. The average Bonchev–Trinajstić information content (AvgIpc) is 2.92. The second-order valence-corrected chi connectivity index (χ2v) is 6.23. The molecule has 0 aliphatic carbocycles. The summed E-state index contributed by atoms with van der Waals surface area (Å²) in [5.41, 5.74) is 1.55. The number of aldehydes is 1. The fraction of sp³-hybridized carbons (Fsp3) is 0.286. The molecule has 0 unspecified atom stereocenters. The topological polar surface area (TPSA) is 63.7 Å². The second-order valence-electron chi connectivity index (χ2n) is 6.23. The fourth-order valence-electron chi connectivity index (χ4n) is 3.06. The molecule has 2 amide bonds. The summed E-state index contributed by atoms with van der Waals surface area (Å²) in [5, 5.41) is 0. The van der Waals surface area contributed by atoms with Gasteiger partial charge in [-0.05, 0) is 37.1 Å². The average molecular weight is 351 g/mol. The summed E-state index contributed by atoms with van der Waals surface area (Å²) in [4.78, 5) is 36.8. The number of amides is 2. The van der Waals surface area contributed by atoms with Crippen molar-refractivity contribution in [3.63, 3.8) is 0 Å². The van der Waals surface area contributed by atoms with Crippen molar-refractivity contribution < 1.29 is 19.1 Å². The molecule has 0 fully saturated rings. The Hall–Kier alpha value is -2.95. The smallest absolute Gasteiger partial charge is 0.261 e. The molecule has 3 rings (SSSR count). The molecular formula is C21H21NO4. The van der Waals surface area contributed by atoms with Crippen LogP contribution in [0, 0.1) is 0 Å². The van der Waals surface area contributed by atoms with Gasteiger partial charge < -0.3 is 4.74 Å². The van der Waals surface area contributed by atoms with E-state index in [1.807, 2.05) is 6.07 Å². The van der Waals surface area contributed by atoms with Crippen molar-refractivity contribution in [3.8, 4) is 5.75 Å². The molecule has 0 saturated carbocycles. The lowest BCUT2D eigenvalue weighted by molar-refractivity contribution is 0.0651. The van der Waals surface area contributed by atoms with Gasteiger partial charge in [-0.1, -0.05) is 37.1 Å². The molecule has 5 nitrogen and oxygen atoms in total. The normalized spacial score (nSPS) is 13.0. The fourth-order valence-corrected chi connectivity index (χ4v) is 3.06. The van der Waals surface area contributed by atoms with Gasteiger partial charge in [0, 0.05) is 6.54 Å². The van der Waals surface area contributed by atoms with Crippen molar-refractivity contribution in [2.75, 3.05) is 13.2 Å². The summed E-state index contributed by atoms with van der Waals surface area (Å²) in [6, 6.07) is 14.1. The molecule has 0 bridgehead atoms. The number of carbonyl (C=O) groups is 3.